The van der Waals surface area contributed by atoms with Crippen LogP contribution in [0.15, 0.2) is 24.4 Å². The number of anilines is 1. The average Bonchev–Trinajstić information content (AvgIpc) is 2.83. The molecule has 1 aromatic heterocycles. The molecule has 0 spiro atoms. The Kier molecular flexibility index (Phi) is 3.57. The number of amides is 1. The van der Waals surface area contributed by atoms with Crippen LogP contribution in [0.3, 0.4) is 0 Å². The lowest BCUT2D eigenvalue weighted by Gasteiger charge is -2.04. The van der Waals surface area contributed by atoms with E-state index in [1.807, 2.05) is 6.07 Å². The Morgan fingerprint density at radius 2 is 2.22 bits per heavy atom. The fraction of sp³-hybridized carbons (Fsp3) is 0.250. The Hall–Kier alpha value is -2.37. The van der Waals surface area contributed by atoms with Crippen molar-refractivity contribution in [1.29, 1.82) is 0 Å². The zero-order valence-corrected chi connectivity index (χ0v) is 9.90. The van der Waals surface area contributed by atoms with Gasteiger partial charge in [-0.05, 0) is 18.2 Å². The molecule has 1 heterocycles. The van der Waals surface area contributed by atoms with Crippen molar-refractivity contribution in [3.8, 4) is 0 Å². The van der Waals surface area contributed by atoms with Crippen molar-refractivity contribution in [2.45, 2.75) is 12.8 Å². The predicted octanol–water partition coefficient (Wildman–Crippen LogP) is 1.45. The Morgan fingerprint density at radius 1 is 1.39 bits per heavy atom. The fourth-order valence-electron chi connectivity index (χ4n) is 1.56. The van der Waals surface area contributed by atoms with E-state index in [9.17, 15) is 9.59 Å². The van der Waals surface area contributed by atoms with Crippen LogP contribution < -0.4 is 5.32 Å². The number of esters is 1. The molecule has 0 saturated carbocycles. The number of nitrogens with one attached hydrogen (secondary N) is 2. The fourth-order valence-corrected chi connectivity index (χ4v) is 1.56. The maximum absolute atomic E-state index is 11.6. The van der Waals surface area contributed by atoms with Crippen LogP contribution in [0.1, 0.15) is 12.8 Å². The monoisotopic (exact) mass is 247 g/mol. The zero-order chi connectivity index (χ0) is 13.0. The van der Waals surface area contributed by atoms with Crippen molar-refractivity contribution in [1.82, 2.24) is 10.2 Å². The highest BCUT2D eigenvalue weighted by atomic mass is 16.5. The van der Waals surface area contributed by atoms with Crippen molar-refractivity contribution >= 4 is 28.5 Å². The molecule has 0 aliphatic heterocycles. The molecule has 2 aromatic rings. The SMILES string of the molecule is COC(=O)CCC(=O)Nc1ccc2cn[nH]c2c1. The number of benzene rings is 1. The topological polar surface area (TPSA) is 84.1 Å². The van der Waals surface area contributed by atoms with Gasteiger partial charge in [0.25, 0.3) is 0 Å². The van der Waals surface area contributed by atoms with Gasteiger partial charge in [-0.15, -0.1) is 0 Å². The summed E-state index contributed by atoms with van der Waals surface area (Å²) in [5, 5.41) is 10.4. The van der Waals surface area contributed by atoms with E-state index < -0.39 is 5.97 Å². The molecule has 0 aliphatic carbocycles. The molecule has 0 fully saturated rings. The zero-order valence-electron chi connectivity index (χ0n) is 9.90. The minimum atomic E-state index is -0.394. The first-order valence-electron chi connectivity index (χ1n) is 5.49. The number of aromatic amines is 1. The van der Waals surface area contributed by atoms with E-state index in [1.165, 1.54) is 7.11 Å². The number of hydrogen-bond donors (Lipinski definition) is 2. The first kappa shape index (κ1) is 12.1. The third-order valence-corrected chi connectivity index (χ3v) is 2.51. The van der Waals surface area contributed by atoms with Gasteiger partial charge in [0.1, 0.15) is 0 Å². The first-order chi connectivity index (χ1) is 8.69. The normalized spacial score (nSPS) is 10.3. The van der Waals surface area contributed by atoms with Gasteiger partial charge in [-0.2, -0.15) is 5.10 Å². The predicted molar refractivity (Wildman–Crippen MR) is 66.0 cm³/mol. The second-order valence-corrected chi connectivity index (χ2v) is 3.80. The molecule has 0 saturated heterocycles. The highest BCUT2D eigenvalue weighted by molar-refractivity contribution is 5.94. The van der Waals surface area contributed by atoms with Gasteiger partial charge in [-0.25, -0.2) is 0 Å². The second kappa shape index (κ2) is 5.31. The highest BCUT2D eigenvalue weighted by Gasteiger charge is 2.07. The van der Waals surface area contributed by atoms with Crippen LogP contribution in [0.4, 0.5) is 5.69 Å². The number of methoxy groups -OCH3 is 1. The quantitative estimate of drug-likeness (QED) is 0.801. The van der Waals surface area contributed by atoms with E-state index >= 15 is 0 Å². The third-order valence-electron chi connectivity index (χ3n) is 2.51. The summed E-state index contributed by atoms with van der Waals surface area (Å²) in [4.78, 5) is 22.5. The van der Waals surface area contributed by atoms with Gasteiger partial charge >= 0.3 is 5.97 Å². The number of ether oxygens (including phenoxy) is 1. The van der Waals surface area contributed by atoms with Crippen molar-refractivity contribution < 1.29 is 14.3 Å². The molecule has 2 N–H and O–H groups in total. The first-order valence-corrected chi connectivity index (χ1v) is 5.49. The van der Waals surface area contributed by atoms with Crippen LogP contribution in [-0.2, 0) is 14.3 Å². The van der Waals surface area contributed by atoms with Gasteiger partial charge < -0.3 is 10.1 Å². The Balaban J connectivity index is 1.96. The summed E-state index contributed by atoms with van der Waals surface area (Å²) in [7, 11) is 1.30. The lowest BCUT2D eigenvalue weighted by Crippen LogP contribution is -2.13. The molecular formula is C12H13N3O3. The Labute approximate surface area is 103 Å². The standard InChI is InChI=1S/C12H13N3O3/c1-18-12(17)5-4-11(16)14-9-3-2-8-7-13-15-10(8)6-9/h2-3,6-7H,4-5H2,1H3,(H,13,15)(H,14,16). The summed E-state index contributed by atoms with van der Waals surface area (Å²) < 4.78 is 4.47. The minimum absolute atomic E-state index is 0.0780. The Bertz CT molecular complexity index is 577. The highest BCUT2D eigenvalue weighted by Crippen LogP contribution is 2.16. The number of hydrogen-bond acceptors (Lipinski definition) is 4. The van der Waals surface area contributed by atoms with Crippen LogP contribution in [0.25, 0.3) is 10.9 Å². The molecule has 94 valence electrons. The van der Waals surface area contributed by atoms with Crippen molar-refractivity contribution in [2.24, 2.45) is 0 Å². The summed E-state index contributed by atoms with van der Waals surface area (Å²) in [5.74, 6) is -0.617. The number of carbonyl (C=O) groups is 2. The summed E-state index contributed by atoms with van der Waals surface area (Å²) in [5.41, 5.74) is 1.52. The number of aromatic nitrogens is 2. The molecule has 0 bridgehead atoms. The molecule has 1 amide bonds. The van der Waals surface area contributed by atoms with Crippen LogP contribution in [0, 0.1) is 0 Å². The Morgan fingerprint density at radius 3 is 3.00 bits per heavy atom. The molecule has 0 unspecified atom stereocenters. The lowest BCUT2D eigenvalue weighted by molar-refractivity contribution is -0.141. The molecule has 18 heavy (non-hydrogen) atoms. The maximum atomic E-state index is 11.6. The average molecular weight is 247 g/mol. The van der Waals surface area contributed by atoms with E-state index in [1.54, 1.807) is 18.3 Å². The minimum Gasteiger partial charge on any atom is -0.469 e. The smallest absolute Gasteiger partial charge is 0.306 e. The van der Waals surface area contributed by atoms with Crippen LogP contribution in [-0.4, -0.2) is 29.2 Å². The van der Waals surface area contributed by atoms with Crippen LogP contribution in [0.2, 0.25) is 0 Å². The maximum Gasteiger partial charge on any atom is 0.306 e. The number of rotatable bonds is 4. The number of carbonyl (C=O) groups excluding carboxylic acids is 2. The van der Waals surface area contributed by atoms with E-state index in [0.29, 0.717) is 5.69 Å². The number of fused-ring (bicyclic) bond motifs is 1. The summed E-state index contributed by atoms with van der Waals surface area (Å²) in [6, 6.07) is 5.43. The van der Waals surface area contributed by atoms with E-state index in [-0.39, 0.29) is 18.7 Å². The van der Waals surface area contributed by atoms with Gasteiger partial charge in [0.05, 0.1) is 25.2 Å². The summed E-state index contributed by atoms with van der Waals surface area (Å²) in [6.45, 7) is 0. The van der Waals surface area contributed by atoms with Crippen molar-refractivity contribution in [3.05, 3.63) is 24.4 Å². The molecule has 0 atom stereocenters. The third kappa shape index (κ3) is 2.85. The molecular weight excluding hydrogens is 234 g/mol. The lowest BCUT2D eigenvalue weighted by atomic mass is 10.2. The molecule has 1 aromatic carbocycles. The summed E-state index contributed by atoms with van der Waals surface area (Å²) >= 11 is 0. The van der Waals surface area contributed by atoms with Gasteiger partial charge in [0, 0.05) is 17.5 Å². The van der Waals surface area contributed by atoms with Crippen LogP contribution in [0.5, 0.6) is 0 Å². The van der Waals surface area contributed by atoms with Gasteiger partial charge in [-0.3, -0.25) is 14.7 Å². The van der Waals surface area contributed by atoms with E-state index in [2.05, 4.69) is 20.3 Å². The van der Waals surface area contributed by atoms with Gasteiger partial charge in [-0.1, -0.05) is 0 Å². The van der Waals surface area contributed by atoms with E-state index in [4.69, 9.17) is 0 Å². The van der Waals surface area contributed by atoms with Crippen molar-refractivity contribution in [3.63, 3.8) is 0 Å². The molecule has 0 aliphatic rings. The second-order valence-electron chi connectivity index (χ2n) is 3.80. The number of nitrogens with zero attached hydrogens (tertiary/aromatic N) is 1. The summed E-state index contributed by atoms with van der Waals surface area (Å²) in [6.07, 6.45) is 1.89. The largest absolute Gasteiger partial charge is 0.469 e. The van der Waals surface area contributed by atoms with Gasteiger partial charge in [0.15, 0.2) is 0 Å². The van der Waals surface area contributed by atoms with Gasteiger partial charge in [0.2, 0.25) is 5.91 Å². The molecule has 6 heteroatoms. The van der Waals surface area contributed by atoms with E-state index in [0.717, 1.165) is 10.9 Å². The molecule has 2 rings (SSSR count). The van der Waals surface area contributed by atoms with Crippen LogP contribution >= 0.6 is 0 Å². The van der Waals surface area contributed by atoms with Crippen molar-refractivity contribution in [2.75, 3.05) is 12.4 Å². The number of H-pyrrole nitrogens is 1. The molecule has 0 radical (unpaired) electrons. The molecule has 6 nitrogen and oxygen atoms in total.